The molecule has 0 saturated heterocycles. The maximum atomic E-state index is 12.5. The number of carbonyl (C=O) groups excluding carboxylic acids is 1. The molecule has 2 aromatic rings. The van der Waals surface area contributed by atoms with Gasteiger partial charge in [0.05, 0.1) is 6.54 Å². The molecule has 20 heavy (non-hydrogen) atoms. The fourth-order valence-electron chi connectivity index (χ4n) is 1.90. The molecule has 0 saturated carbocycles. The van der Waals surface area contributed by atoms with E-state index in [1.54, 1.807) is 19.2 Å². The highest BCUT2D eigenvalue weighted by atomic mass is 16.2. The van der Waals surface area contributed by atoms with Gasteiger partial charge in [-0.25, -0.2) is 0 Å². The smallest absolute Gasteiger partial charge is 0.274 e. The Morgan fingerprint density at radius 1 is 1.20 bits per heavy atom. The van der Waals surface area contributed by atoms with Gasteiger partial charge in [0.15, 0.2) is 0 Å². The second-order valence-electron chi connectivity index (χ2n) is 4.24. The summed E-state index contributed by atoms with van der Waals surface area (Å²) in [6.07, 6.45) is 5.25. The van der Waals surface area contributed by atoms with Crippen LogP contribution < -0.4 is 10.5 Å². The molecule has 1 aromatic heterocycles. The van der Waals surface area contributed by atoms with Crippen LogP contribution in [-0.4, -0.2) is 17.5 Å². The molecule has 0 spiro atoms. The van der Waals surface area contributed by atoms with Crippen LogP contribution in [0.3, 0.4) is 0 Å². The summed E-state index contributed by atoms with van der Waals surface area (Å²) in [4.78, 5) is 25.8. The van der Waals surface area contributed by atoms with E-state index in [9.17, 15) is 9.59 Å². The van der Waals surface area contributed by atoms with Crippen LogP contribution in [-0.2, 0) is 6.54 Å². The largest absolute Gasteiger partial charge is 0.310 e. The predicted octanol–water partition coefficient (Wildman–Crippen LogP) is 1.76. The molecule has 0 fully saturated rings. The van der Waals surface area contributed by atoms with Crippen LogP contribution in [0.5, 0.6) is 0 Å². The molecule has 0 aliphatic carbocycles. The Morgan fingerprint density at radius 2 is 1.90 bits per heavy atom. The third-order valence-corrected chi connectivity index (χ3v) is 2.97. The fourth-order valence-corrected chi connectivity index (χ4v) is 1.90. The van der Waals surface area contributed by atoms with E-state index in [1.165, 1.54) is 15.5 Å². The normalized spacial score (nSPS) is 9.80. The zero-order valence-corrected chi connectivity index (χ0v) is 11.1. The molecular weight excluding hydrogens is 252 g/mol. The number of nitrogens with zero attached hydrogens (tertiary/aromatic N) is 2. The first-order chi connectivity index (χ1) is 9.65. The number of pyridine rings is 1. The van der Waals surface area contributed by atoms with Gasteiger partial charge >= 0.3 is 0 Å². The van der Waals surface area contributed by atoms with Crippen molar-refractivity contribution in [2.24, 2.45) is 0 Å². The molecule has 1 heterocycles. The summed E-state index contributed by atoms with van der Waals surface area (Å²) in [5.41, 5.74) is 0.748. The summed E-state index contributed by atoms with van der Waals surface area (Å²) in [6, 6.07) is 13.8. The molecule has 0 bridgehead atoms. The Bertz CT molecular complexity index is 711. The fraction of sp³-hybridized carbons (Fsp3) is 0.125. The van der Waals surface area contributed by atoms with Gasteiger partial charge in [-0.1, -0.05) is 30.2 Å². The first-order valence-corrected chi connectivity index (χ1v) is 6.11. The molecule has 4 heteroatoms. The number of hydrogen-bond donors (Lipinski definition) is 0. The van der Waals surface area contributed by atoms with Gasteiger partial charge in [0.25, 0.3) is 11.5 Å². The molecule has 0 radical (unpaired) electrons. The summed E-state index contributed by atoms with van der Waals surface area (Å²) >= 11 is 0. The van der Waals surface area contributed by atoms with Gasteiger partial charge < -0.3 is 4.90 Å². The number of para-hydroxylation sites is 1. The first-order valence-electron chi connectivity index (χ1n) is 6.11. The lowest BCUT2D eigenvalue weighted by Crippen LogP contribution is -2.33. The summed E-state index contributed by atoms with van der Waals surface area (Å²) in [6.45, 7) is 0.0728. The average molecular weight is 266 g/mol. The maximum absolute atomic E-state index is 12.5. The van der Waals surface area contributed by atoms with E-state index in [-0.39, 0.29) is 23.7 Å². The van der Waals surface area contributed by atoms with Crippen LogP contribution in [0.25, 0.3) is 0 Å². The molecule has 2 rings (SSSR count). The van der Waals surface area contributed by atoms with Gasteiger partial charge in [-0.15, -0.1) is 6.42 Å². The second-order valence-corrected chi connectivity index (χ2v) is 4.24. The number of terminal acetylenes is 1. The van der Waals surface area contributed by atoms with Crippen molar-refractivity contribution in [2.75, 3.05) is 11.9 Å². The second kappa shape index (κ2) is 5.89. The number of rotatable bonds is 3. The van der Waals surface area contributed by atoms with Crippen LogP contribution in [0.15, 0.2) is 53.3 Å². The van der Waals surface area contributed by atoms with Crippen molar-refractivity contribution in [3.8, 4) is 12.3 Å². The number of benzene rings is 1. The minimum absolute atomic E-state index is 0.0728. The van der Waals surface area contributed by atoms with Gasteiger partial charge in [-0.05, 0) is 18.2 Å². The van der Waals surface area contributed by atoms with E-state index in [0.717, 1.165) is 5.69 Å². The topological polar surface area (TPSA) is 42.3 Å². The van der Waals surface area contributed by atoms with Crippen molar-refractivity contribution < 1.29 is 4.79 Å². The van der Waals surface area contributed by atoms with Crippen molar-refractivity contribution >= 4 is 11.6 Å². The highest BCUT2D eigenvalue weighted by Gasteiger charge is 2.17. The molecular formula is C16H14N2O2. The number of anilines is 1. The van der Waals surface area contributed by atoms with Crippen molar-refractivity contribution in [3.63, 3.8) is 0 Å². The summed E-state index contributed by atoms with van der Waals surface area (Å²) < 4.78 is 1.29. The maximum Gasteiger partial charge on any atom is 0.274 e. The van der Waals surface area contributed by atoms with E-state index in [0.29, 0.717) is 0 Å². The third-order valence-electron chi connectivity index (χ3n) is 2.97. The van der Waals surface area contributed by atoms with E-state index in [4.69, 9.17) is 6.42 Å². The standard InChI is InChI=1S/C16H14N2O2/c1-3-12-18-14(10-7-11-15(18)19)16(20)17(2)13-8-5-4-6-9-13/h1,4-11H,12H2,2H3. The van der Waals surface area contributed by atoms with Crippen LogP contribution in [0, 0.1) is 12.3 Å². The first kappa shape index (κ1) is 13.6. The lowest BCUT2D eigenvalue weighted by molar-refractivity contribution is 0.0983. The Kier molecular flexibility index (Phi) is 4.02. The molecule has 0 aliphatic heterocycles. The Morgan fingerprint density at radius 3 is 2.55 bits per heavy atom. The quantitative estimate of drug-likeness (QED) is 0.794. The number of carbonyl (C=O) groups is 1. The molecule has 0 atom stereocenters. The molecule has 0 unspecified atom stereocenters. The lowest BCUT2D eigenvalue weighted by atomic mass is 10.2. The summed E-state index contributed by atoms with van der Waals surface area (Å²) in [5, 5.41) is 0. The zero-order valence-electron chi connectivity index (χ0n) is 11.1. The number of hydrogen-bond acceptors (Lipinski definition) is 2. The molecule has 4 nitrogen and oxygen atoms in total. The summed E-state index contributed by atoms with van der Waals surface area (Å²) in [7, 11) is 1.66. The highest BCUT2D eigenvalue weighted by molar-refractivity contribution is 6.04. The van der Waals surface area contributed by atoms with E-state index >= 15 is 0 Å². The van der Waals surface area contributed by atoms with Gasteiger partial charge in [0.2, 0.25) is 0 Å². The van der Waals surface area contributed by atoms with E-state index < -0.39 is 0 Å². The van der Waals surface area contributed by atoms with Crippen LogP contribution in [0.1, 0.15) is 10.5 Å². The summed E-state index contributed by atoms with van der Waals surface area (Å²) in [5.74, 6) is 2.12. The molecule has 0 N–H and O–H groups in total. The van der Waals surface area contributed by atoms with Crippen molar-refractivity contribution in [1.82, 2.24) is 4.57 Å². The number of aromatic nitrogens is 1. The van der Waals surface area contributed by atoms with Gasteiger partial charge in [0, 0.05) is 18.8 Å². The Hall–Kier alpha value is -2.80. The third kappa shape index (κ3) is 2.62. The van der Waals surface area contributed by atoms with Crippen LogP contribution in [0.2, 0.25) is 0 Å². The zero-order chi connectivity index (χ0) is 14.5. The Labute approximate surface area is 117 Å². The molecule has 0 aliphatic rings. The van der Waals surface area contributed by atoms with Crippen LogP contribution in [0.4, 0.5) is 5.69 Å². The average Bonchev–Trinajstić information content (AvgIpc) is 2.49. The Balaban J connectivity index is 2.42. The SMILES string of the molecule is C#CCn1c(C(=O)N(C)c2ccccc2)cccc1=O. The van der Waals surface area contributed by atoms with Gasteiger partial charge in [0.1, 0.15) is 5.69 Å². The predicted molar refractivity (Wildman–Crippen MR) is 78.7 cm³/mol. The van der Waals surface area contributed by atoms with Gasteiger partial charge in [-0.3, -0.25) is 14.2 Å². The highest BCUT2D eigenvalue weighted by Crippen LogP contribution is 2.14. The molecule has 1 aromatic carbocycles. The van der Waals surface area contributed by atoms with Crippen molar-refractivity contribution in [1.29, 1.82) is 0 Å². The van der Waals surface area contributed by atoms with Crippen molar-refractivity contribution in [2.45, 2.75) is 6.54 Å². The van der Waals surface area contributed by atoms with Gasteiger partial charge in [-0.2, -0.15) is 0 Å². The minimum Gasteiger partial charge on any atom is -0.310 e. The molecule has 1 amide bonds. The van der Waals surface area contributed by atoms with E-state index in [1.807, 2.05) is 30.3 Å². The monoisotopic (exact) mass is 266 g/mol. The molecule has 100 valence electrons. The van der Waals surface area contributed by atoms with E-state index in [2.05, 4.69) is 5.92 Å². The van der Waals surface area contributed by atoms with Crippen LogP contribution >= 0.6 is 0 Å². The lowest BCUT2D eigenvalue weighted by Gasteiger charge is -2.19. The van der Waals surface area contributed by atoms with Crippen molar-refractivity contribution in [3.05, 3.63) is 64.6 Å². The minimum atomic E-state index is -0.282. The number of amides is 1.